The number of aromatic hydroxyl groups is 1. The van der Waals surface area contributed by atoms with Crippen LogP contribution in [0.5, 0.6) is 5.75 Å². The summed E-state index contributed by atoms with van der Waals surface area (Å²) >= 11 is 0. The molecule has 0 bridgehead atoms. The highest BCUT2D eigenvalue weighted by molar-refractivity contribution is 5.89. The lowest BCUT2D eigenvalue weighted by atomic mass is 9.47. The fraction of sp³-hybridized carbons (Fsp3) is 0.522. The smallest absolute Gasteiger partial charge is 0.337 e. The van der Waals surface area contributed by atoms with E-state index in [4.69, 9.17) is 4.74 Å². The zero-order valence-electron chi connectivity index (χ0n) is 16.3. The Bertz CT molecular complexity index is 763. The van der Waals surface area contributed by atoms with Gasteiger partial charge in [-0.1, -0.05) is 39.5 Å². The van der Waals surface area contributed by atoms with E-state index < -0.39 is 0 Å². The van der Waals surface area contributed by atoms with Crippen molar-refractivity contribution in [2.75, 3.05) is 7.11 Å². The highest BCUT2D eigenvalue weighted by atomic mass is 16.5. The Kier molecular flexibility index (Phi) is 4.76. The first-order valence-corrected chi connectivity index (χ1v) is 9.48. The highest BCUT2D eigenvalue weighted by Gasteiger charge is 2.53. The summed E-state index contributed by atoms with van der Waals surface area (Å²) in [6, 6.07) is 5.02. The summed E-state index contributed by atoms with van der Waals surface area (Å²) in [6.45, 7) is 11.3. The van der Waals surface area contributed by atoms with Gasteiger partial charge in [0.1, 0.15) is 5.75 Å². The summed E-state index contributed by atoms with van der Waals surface area (Å²) in [7, 11) is 1.38. The molecule has 140 valence electrons. The van der Waals surface area contributed by atoms with Crippen molar-refractivity contribution in [2.24, 2.45) is 22.7 Å². The molecule has 1 fully saturated rings. The van der Waals surface area contributed by atoms with Gasteiger partial charge in [0.15, 0.2) is 0 Å². The molecule has 1 saturated carbocycles. The fourth-order valence-electron chi connectivity index (χ4n) is 5.22. The van der Waals surface area contributed by atoms with Gasteiger partial charge in [-0.25, -0.2) is 4.79 Å². The van der Waals surface area contributed by atoms with Crippen LogP contribution in [-0.2, 0) is 11.2 Å². The standard InChI is InChI=1S/C23H30O3/c1-15-7-6-8-20-22(15,3)12-11-16(2)23(20,4)14-18-13-17(21(25)26-5)9-10-19(18)24/h6-7,9-10,13,16,20,24H,1,8,11-12,14H2,2-5H3/t16-,20+,22-,23+/m0/s1. The van der Waals surface area contributed by atoms with Gasteiger partial charge in [-0.05, 0) is 77.7 Å². The zero-order chi connectivity index (χ0) is 19.1. The van der Waals surface area contributed by atoms with E-state index >= 15 is 0 Å². The minimum Gasteiger partial charge on any atom is -0.508 e. The molecular formula is C23H30O3. The maximum absolute atomic E-state index is 11.9. The normalized spacial score (nSPS) is 33.6. The minimum atomic E-state index is -0.369. The van der Waals surface area contributed by atoms with Crippen LogP contribution in [0.3, 0.4) is 0 Å². The first-order chi connectivity index (χ1) is 12.2. The number of methoxy groups -OCH3 is 1. The largest absolute Gasteiger partial charge is 0.508 e. The van der Waals surface area contributed by atoms with Crippen molar-refractivity contribution in [3.8, 4) is 5.75 Å². The van der Waals surface area contributed by atoms with Crippen LogP contribution < -0.4 is 0 Å². The van der Waals surface area contributed by atoms with Crippen LogP contribution in [0.1, 0.15) is 56.0 Å². The average molecular weight is 354 g/mol. The van der Waals surface area contributed by atoms with Crippen LogP contribution in [-0.4, -0.2) is 18.2 Å². The van der Waals surface area contributed by atoms with Gasteiger partial charge < -0.3 is 9.84 Å². The van der Waals surface area contributed by atoms with Gasteiger partial charge in [-0.2, -0.15) is 0 Å². The number of phenols is 1. The molecule has 3 heteroatoms. The summed E-state index contributed by atoms with van der Waals surface area (Å²) < 4.78 is 4.84. The molecule has 2 aliphatic rings. The second-order valence-electron chi connectivity index (χ2n) is 8.59. The first-order valence-electron chi connectivity index (χ1n) is 9.48. The van der Waals surface area contributed by atoms with Crippen LogP contribution in [0, 0.1) is 22.7 Å². The van der Waals surface area contributed by atoms with E-state index in [0.29, 0.717) is 17.4 Å². The van der Waals surface area contributed by atoms with Gasteiger partial charge in [-0.15, -0.1) is 0 Å². The van der Waals surface area contributed by atoms with Crippen LogP contribution in [0.25, 0.3) is 0 Å². The number of phenolic OH excluding ortho intramolecular Hbond substituents is 1. The van der Waals surface area contributed by atoms with E-state index in [1.165, 1.54) is 12.7 Å². The number of benzene rings is 1. The molecule has 1 aromatic rings. The molecular weight excluding hydrogens is 324 g/mol. The Balaban J connectivity index is 2.00. The van der Waals surface area contributed by atoms with Crippen molar-refractivity contribution >= 4 is 5.97 Å². The Morgan fingerprint density at radius 2 is 2.12 bits per heavy atom. The molecule has 3 rings (SSSR count). The molecule has 0 heterocycles. The molecule has 0 radical (unpaired) electrons. The lowest BCUT2D eigenvalue weighted by molar-refractivity contribution is -0.0313. The van der Waals surface area contributed by atoms with E-state index in [-0.39, 0.29) is 22.5 Å². The number of carbonyl (C=O) groups is 1. The van der Waals surface area contributed by atoms with Crippen LogP contribution in [0.2, 0.25) is 0 Å². The van der Waals surface area contributed by atoms with Gasteiger partial charge in [0.2, 0.25) is 0 Å². The number of ether oxygens (including phenoxy) is 1. The van der Waals surface area contributed by atoms with Crippen molar-refractivity contribution in [2.45, 2.75) is 46.5 Å². The zero-order valence-corrected chi connectivity index (χ0v) is 16.3. The third kappa shape index (κ3) is 2.87. The Labute approximate surface area is 156 Å². The molecule has 0 amide bonds. The molecule has 4 atom stereocenters. The molecule has 0 unspecified atom stereocenters. The fourth-order valence-corrected chi connectivity index (χ4v) is 5.22. The van der Waals surface area contributed by atoms with E-state index in [2.05, 4.69) is 39.5 Å². The van der Waals surface area contributed by atoms with E-state index in [0.717, 1.165) is 31.2 Å². The van der Waals surface area contributed by atoms with E-state index in [1.807, 2.05) is 0 Å². The van der Waals surface area contributed by atoms with Crippen molar-refractivity contribution < 1.29 is 14.6 Å². The average Bonchev–Trinajstić information content (AvgIpc) is 2.62. The molecule has 2 aliphatic carbocycles. The van der Waals surface area contributed by atoms with Gasteiger partial charge in [0, 0.05) is 0 Å². The van der Waals surface area contributed by atoms with Crippen molar-refractivity contribution in [1.82, 2.24) is 0 Å². The number of fused-ring (bicyclic) bond motifs is 1. The maximum Gasteiger partial charge on any atom is 0.337 e. The molecule has 0 saturated heterocycles. The number of hydrogen-bond acceptors (Lipinski definition) is 3. The number of hydrogen-bond donors (Lipinski definition) is 1. The van der Waals surface area contributed by atoms with Crippen molar-refractivity contribution in [3.05, 3.63) is 53.6 Å². The van der Waals surface area contributed by atoms with Crippen molar-refractivity contribution in [1.29, 1.82) is 0 Å². The Morgan fingerprint density at radius 1 is 1.38 bits per heavy atom. The van der Waals surface area contributed by atoms with Crippen LogP contribution >= 0.6 is 0 Å². The monoisotopic (exact) mass is 354 g/mol. The van der Waals surface area contributed by atoms with Gasteiger partial charge in [0.25, 0.3) is 0 Å². The molecule has 1 aromatic carbocycles. The minimum absolute atomic E-state index is 0.0208. The second-order valence-corrected chi connectivity index (χ2v) is 8.59. The molecule has 0 aliphatic heterocycles. The SMILES string of the molecule is C=C1C=CC[C@H]2[C@](C)(Cc3cc(C(=O)OC)ccc3O)[C@@H](C)CC[C@@]12C. The van der Waals surface area contributed by atoms with Crippen molar-refractivity contribution in [3.63, 3.8) is 0 Å². The predicted octanol–water partition coefficient (Wildman–Crippen LogP) is 5.30. The number of allylic oxidation sites excluding steroid dienone is 3. The molecule has 26 heavy (non-hydrogen) atoms. The van der Waals surface area contributed by atoms with Gasteiger partial charge in [0.05, 0.1) is 12.7 Å². The van der Waals surface area contributed by atoms with E-state index in [1.54, 1.807) is 18.2 Å². The topological polar surface area (TPSA) is 46.5 Å². The number of rotatable bonds is 3. The van der Waals surface area contributed by atoms with Crippen LogP contribution in [0.15, 0.2) is 42.5 Å². The Hall–Kier alpha value is -2.03. The quantitative estimate of drug-likeness (QED) is 0.750. The third-order valence-corrected chi connectivity index (χ3v) is 7.28. The van der Waals surface area contributed by atoms with Gasteiger partial charge >= 0.3 is 5.97 Å². The molecule has 3 nitrogen and oxygen atoms in total. The van der Waals surface area contributed by atoms with E-state index in [9.17, 15) is 9.90 Å². The highest BCUT2D eigenvalue weighted by Crippen LogP contribution is 2.61. The van der Waals surface area contributed by atoms with Crippen LogP contribution in [0.4, 0.5) is 0 Å². The third-order valence-electron chi connectivity index (χ3n) is 7.28. The summed E-state index contributed by atoms with van der Waals surface area (Å²) in [6.07, 6.45) is 8.51. The molecule has 1 N–H and O–H groups in total. The summed E-state index contributed by atoms with van der Waals surface area (Å²) in [5.74, 6) is 0.883. The number of carbonyl (C=O) groups excluding carboxylic acids is 1. The summed E-state index contributed by atoms with van der Waals surface area (Å²) in [4.78, 5) is 11.9. The first kappa shape index (κ1) is 18.8. The molecule has 0 aromatic heterocycles. The Morgan fingerprint density at radius 3 is 2.81 bits per heavy atom. The maximum atomic E-state index is 11.9. The predicted molar refractivity (Wildman–Crippen MR) is 104 cm³/mol. The summed E-state index contributed by atoms with van der Waals surface area (Å²) in [5, 5.41) is 10.4. The molecule has 0 spiro atoms. The lowest BCUT2D eigenvalue weighted by Gasteiger charge is -2.57. The number of esters is 1. The second kappa shape index (κ2) is 6.61. The summed E-state index contributed by atoms with van der Waals surface area (Å²) in [5.41, 5.74) is 2.66. The van der Waals surface area contributed by atoms with Gasteiger partial charge in [-0.3, -0.25) is 0 Å². The lowest BCUT2D eigenvalue weighted by Crippen LogP contribution is -2.50.